The number of thiophene rings is 1. The number of urea groups is 1. The van der Waals surface area contributed by atoms with Gasteiger partial charge in [0.05, 0.1) is 10.3 Å². The molecule has 1 aromatic rings. The number of hydrogen-bond donors (Lipinski definition) is 2. The third-order valence-electron chi connectivity index (χ3n) is 2.60. The van der Waals surface area contributed by atoms with E-state index in [0.717, 1.165) is 21.5 Å². The first-order chi connectivity index (χ1) is 8.56. The van der Waals surface area contributed by atoms with Crippen LogP contribution >= 0.6 is 27.3 Å². The molecule has 2 amide bonds. The molecular formula is C11H13BrN2O3S. The Morgan fingerprint density at radius 3 is 2.72 bits per heavy atom. The molecule has 0 aromatic carbocycles. The monoisotopic (exact) mass is 332 g/mol. The van der Waals surface area contributed by atoms with Crippen molar-refractivity contribution in [2.45, 2.75) is 25.4 Å². The second-order valence-corrected chi connectivity index (χ2v) is 6.66. The number of hydrogen-bond acceptors (Lipinski definition) is 3. The lowest BCUT2D eigenvalue weighted by molar-refractivity contribution is -0.137. The summed E-state index contributed by atoms with van der Waals surface area (Å²) in [6.07, 6.45) is 1.79. The zero-order valence-corrected chi connectivity index (χ0v) is 12.0. The molecule has 2 N–H and O–H groups in total. The SMILES string of the molecule is O=C(O)CN(C(=O)NCc1ccc(Br)s1)C1CC1. The molecule has 1 fully saturated rings. The topological polar surface area (TPSA) is 69.6 Å². The summed E-state index contributed by atoms with van der Waals surface area (Å²) >= 11 is 4.90. The van der Waals surface area contributed by atoms with Gasteiger partial charge in [-0.05, 0) is 40.9 Å². The van der Waals surface area contributed by atoms with E-state index in [-0.39, 0.29) is 18.6 Å². The third-order valence-corrected chi connectivity index (χ3v) is 4.22. The zero-order valence-electron chi connectivity index (χ0n) is 9.56. The predicted molar refractivity (Wildman–Crippen MR) is 71.6 cm³/mol. The van der Waals surface area contributed by atoms with Crippen molar-refractivity contribution >= 4 is 39.3 Å². The largest absolute Gasteiger partial charge is 0.480 e. The van der Waals surface area contributed by atoms with E-state index in [4.69, 9.17) is 5.11 Å². The minimum absolute atomic E-state index is 0.0937. The second kappa shape index (κ2) is 5.71. The van der Waals surface area contributed by atoms with E-state index in [1.54, 1.807) is 11.3 Å². The summed E-state index contributed by atoms with van der Waals surface area (Å²) < 4.78 is 1.01. The summed E-state index contributed by atoms with van der Waals surface area (Å²) in [6, 6.07) is 3.64. The maximum Gasteiger partial charge on any atom is 0.323 e. The molecule has 0 aliphatic heterocycles. The van der Waals surface area contributed by atoms with Gasteiger partial charge in [0.2, 0.25) is 0 Å². The Hall–Kier alpha value is -1.08. The number of nitrogens with zero attached hydrogens (tertiary/aromatic N) is 1. The van der Waals surface area contributed by atoms with Gasteiger partial charge in [-0.2, -0.15) is 0 Å². The fourth-order valence-electron chi connectivity index (χ4n) is 1.61. The molecule has 2 rings (SSSR count). The van der Waals surface area contributed by atoms with Crippen molar-refractivity contribution in [3.8, 4) is 0 Å². The maximum absolute atomic E-state index is 11.9. The van der Waals surface area contributed by atoms with E-state index in [2.05, 4.69) is 21.2 Å². The summed E-state index contributed by atoms with van der Waals surface area (Å²) in [5, 5.41) is 11.5. The molecule has 1 heterocycles. The van der Waals surface area contributed by atoms with E-state index in [0.29, 0.717) is 6.54 Å². The minimum Gasteiger partial charge on any atom is -0.480 e. The lowest BCUT2D eigenvalue weighted by Crippen LogP contribution is -2.43. The van der Waals surface area contributed by atoms with Crippen LogP contribution in [0.4, 0.5) is 4.79 Å². The van der Waals surface area contributed by atoms with Crippen LogP contribution < -0.4 is 5.32 Å². The molecule has 98 valence electrons. The smallest absolute Gasteiger partial charge is 0.323 e. The number of carboxylic acid groups (broad SMARTS) is 1. The van der Waals surface area contributed by atoms with Crippen LogP contribution in [-0.2, 0) is 11.3 Å². The van der Waals surface area contributed by atoms with E-state index < -0.39 is 5.97 Å². The minimum atomic E-state index is -0.976. The van der Waals surface area contributed by atoms with Gasteiger partial charge in [0.25, 0.3) is 0 Å². The molecular weight excluding hydrogens is 320 g/mol. The summed E-state index contributed by atoms with van der Waals surface area (Å²) in [5.74, 6) is -0.976. The van der Waals surface area contributed by atoms with E-state index in [9.17, 15) is 9.59 Å². The molecule has 1 aromatic heterocycles. The number of rotatable bonds is 5. The first-order valence-corrected chi connectivity index (χ1v) is 7.17. The molecule has 0 bridgehead atoms. The fraction of sp³-hybridized carbons (Fsp3) is 0.455. The van der Waals surface area contributed by atoms with Crippen LogP contribution in [0.2, 0.25) is 0 Å². The van der Waals surface area contributed by atoms with E-state index >= 15 is 0 Å². The zero-order chi connectivity index (χ0) is 13.1. The molecule has 1 saturated carbocycles. The van der Waals surface area contributed by atoms with Gasteiger partial charge >= 0.3 is 12.0 Å². The van der Waals surface area contributed by atoms with Crippen molar-refractivity contribution in [1.29, 1.82) is 0 Å². The number of amides is 2. The Kier molecular flexibility index (Phi) is 4.23. The maximum atomic E-state index is 11.9. The molecule has 0 atom stereocenters. The van der Waals surface area contributed by atoms with Gasteiger partial charge in [-0.15, -0.1) is 11.3 Å². The van der Waals surface area contributed by atoms with Crippen LogP contribution in [0.1, 0.15) is 17.7 Å². The predicted octanol–water partition coefficient (Wildman–Crippen LogP) is 2.27. The standard InChI is InChI=1S/C11H13BrN2O3S/c12-9-4-3-8(18-9)5-13-11(17)14(6-10(15)16)7-1-2-7/h3-4,7H,1-2,5-6H2,(H,13,17)(H,15,16). The average Bonchev–Trinajstić information content (AvgIpc) is 3.06. The molecule has 5 nitrogen and oxygen atoms in total. The lowest BCUT2D eigenvalue weighted by Gasteiger charge is -2.20. The van der Waals surface area contributed by atoms with Gasteiger partial charge < -0.3 is 15.3 Å². The molecule has 1 aliphatic carbocycles. The van der Waals surface area contributed by atoms with Crippen LogP contribution in [0.5, 0.6) is 0 Å². The van der Waals surface area contributed by atoms with Gasteiger partial charge in [-0.3, -0.25) is 4.79 Å². The van der Waals surface area contributed by atoms with Gasteiger partial charge in [0, 0.05) is 10.9 Å². The molecule has 18 heavy (non-hydrogen) atoms. The highest BCUT2D eigenvalue weighted by molar-refractivity contribution is 9.11. The third kappa shape index (κ3) is 3.71. The summed E-state index contributed by atoms with van der Waals surface area (Å²) in [5.41, 5.74) is 0. The van der Waals surface area contributed by atoms with Crippen molar-refractivity contribution in [3.05, 3.63) is 20.8 Å². The summed E-state index contributed by atoms with van der Waals surface area (Å²) in [7, 11) is 0. The van der Waals surface area contributed by atoms with Gasteiger partial charge in [0.15, 0.2) is 0 Å². The van der Waals surface area contributed by atoms with Crippen molar-refractivity contribution < 1.29 is 14.7 Å². The highest BCUT2D eigenvalue weighted by atomic mass is 79.9. The number of carbonyl (C=O) groups is 2. The fourth-order valence-corrected chi connectivity index (χ4v) is 3.03. The highest BCUT2D eigenvalue weighted by Gasteiger charge is 2.33. The Balaban J connectivity index is 1.87. The Bertz CT molecular complexity index is 459. The number of aliphatic carboxylic acids is 1. The van der Waals surface area contributed by atoms with Crippen molar-refractivity contribution in [1.82, 2.24) is 10.2 Å². The molecule has 0 saturated heterocycles. The van der Waals surface area contributed by atoms with Crippen LogP contribution in [0, 0.1) is 0 Å². The first-order valence-electron chi connectivity index (χ1n) is 5.56. The molecule has 0 unspecified atom stereocenters. The molecule has 1 aliphatic rings. The van der Waals surface area contributed by atoms with Gasteiger partial charge in [0.1, 0.15) is 6.54 Å². The normalized spacial score (nSPS) is 14.3. The Morgan fingerprint density at radius 1 is 1.50 bits per heavy atom. The van der Waals surface area contributed by atoms with Crippen molar-refractivity contribution in [2.75, 3.05) is 6.54 Å². The Morgan fingerprint density at radius 2 is 2.22 bits per heavy atom. The number of nitrogens with one attached hydrogen (secondary N) is 1. The van der Waals surface area contributed by atoms with Gasteiger partial charge in [-0.1, -0.05) is 0 Å². The summed E-state index contributed by atoms with van der Waals surface area (Å²) in [4.78, 5) is 25.0. The van der Waals surface area contributed by atoms with Crippen molar-refractivity contribution in [3.63, 3.8) is 0 Å². The van der Waals surface area contributed by atoms with Crippen LogP contribution in [-0.4, -0.2) is 34.6 Å². The second-order valence-electron chi connectivity index (χ2n) is 4.12. The van der Waals surface area contributed by atoms with E-state index in [1.807, 2.05) is 12.1 Å². The summed E-state index contributed by atoms with van der Waals surface area (Å²) in [6.45, 7) is 0.197. The molecule has 0 spiro atoms. The van der Waals surface area contributed by atoms with Crippen LogP contribution in [0.25, 0.3) is 0 Å². The number of halogens is 1. The quantitative estimate of drug-likeness (QED) is 0.868. The Labute approximate surface area is 117 Å². The lowest BCUT2D eigenvalue weighted by atomic mass is 10.4. The van der Waals surface area contributed by atoms with Crippen molar-refractivity contribution in [2.24, 2.45) is 0 Å². The highest BCUT2D eigenvalue weighted by Crippen LogP contribution is 2.27. The van der Waals surface area contributed by atoms with Crippen LogP contribution in [0.15, 0.2) is 15.9 Å². The number of carbonyl (C=O) groups excluding carboxylic acids is 1. The average molecular weight is 333 g/mol. The number of carboxylic acids is 1. The van der Waals surface area contributed by atoms with Crippen LogP contribution in [0.3, 0.4) is 0 Å². The first kappa shape index (κ1) is 13.4. The van der Waals surface area contributed by atoms with Gasteiger partial charge in [-0.25, -0.2) is 4.79 Å². The molecule has 0 radical (unpaired) electrons. The molecule has 7 heteroatoms. The van der Waals surface area contributed by atoms with E-state index in [1.165, 1.54) is 4.90 Å².